The van der Waals surface area contributed by atoms with Crippen molar-refractivity contribution in [3.63, 3.8) is 0 Å². The number of hydrogen-bond acceptors (Lipinski definition) is 3. The fourth-order valence-corrected chi connectivity index (χ4v) is 3.90. The first-order valence-corrected chi connectivity index (χ1v) is 9.77. The van der Waals surface area contributed by atoms with Crippen molar-refractivity contribution in [2.45, 2.75) is 43.9 Å². The predicted molar refractivity (Wildman–Crippen MR) is 105 cm³/mol. The number of halogens is 1. The summed E-state index contributed by atoms with van der Waals surface area (Å²) in [5.74, 6) is -1.11. The second-order valence-electron chi connectivity index (χ2n) is 7.46. The molecule has 0 spiro atoms. The molecule has 5 heteroatoms. The molecule has 2 aromatic carbocycles. The number of amides is 1. The molecule has 3 rings (SSSR count). The molecular weight excluding hydrogens is 357 g/mol. The number of nitrogens with one attached hydrogen (secondary N) is 1. The third-order valence-electron chi connectivity index (χ3n) is 5.55. The van der Waals surface area contributed by atoms with E-state index < -0.39 is 17.2 Å². The highest BCUT2D eigenvalue weighted by Gasteiger charge is 2.45. The van der Waals surface area contributed by atoms with Gasteiger partial charge in [0.05, 0.1) is 5.41 Å². The number of hydrogen-bond donors (Lipinski definition) is 1. The SMILES string of the molecule is C[C@@H](CNC(=O)COC(=O)C1(c2ccccc2F)CCCC1)c1ccccc1. The lowest BCUT2D eigenvalue weighted by atomic mass is 9.78. The smallest absolute Gasteiger partial charge is 0.317 e. The standard InChI is InChI=1S/C23H26FNO3/c1-17(18-9-3-2-4-10-18)15-25-21(26)16-28-22(27)23(13-7-8-14-23)19-11-5-6-12-20(19)24/h2-6,9-12,17H,7-8,13-16H2,1H3,(H,25,26)/t17-/m0/s1. The average Bonchev–Trinajstić information content (AvgIpc) is 3.22. The van der Waals surface area contributed by atoms with Gasteiger partial charge in [-0.05, 0) is 30.4 Å². The van der Waals surface area contributed by atoms with Crippen LogP contribution in [0.15, 0.2) is 54.6 Å². The second-order valence-corrected chi connectivity index (χ2v) is 7.46. The average molecular weight is 383 g/mol. The first-order chi connectivity index (χ1) is 13.5. The molecule has 0 radical (unpaired) electrons. The Morgan fingerprint density at radius 2 is 1.71 bits per heavy atom. The molecule has 1 fully saturated rings. The van der Waals surface area contributed by atoms with Gasteiger partial charge in [0.25, 0.3) is 5.91 Å². The fraction of sp³-hybridized carbons (Fsp3) is 0.391. The van der Waals surface area contributed by atoms with Crippen LogP contribution in [0.25, 0.3) is 0 Å². The third-order valence-corrected chi connectivity index (χ3v) is 5.55. The molecule has 148 valence electrons. The quantitative estimate of drug-likeness (QED) is 0.733. The van der Waals surface area contributed by atoms with Gasteiger partial charge in [0, 0.05) is 12.1 Å². The molecule has 1 aliphatic rings. The third kappa shape index (κ3) is 4.41. The van der Waals surface area contributed by atoms with Gasteiger partial charge in [-0.3, -0.25) is 9.59 Å². The summed E-state index contributed by atoms with van der Waals surface area (Å²) in [4.78, 5) is 25.0. The molecule has 0 bridgehead atoms. The summed E-state index contributed by atoms with van der Waals surface area (Å²) >= 11 is 0. The Kier molecular flexibility index (Phi) is 6.45. The molecule has 0 saturated heterocycles. The van der Waals surface area contributed by atoms with E-state index in [0.29, 0.717) is 24.9 Å². The minimum absolute atomic E-state index is 0.153. The number of carbonyl (C=O) groups is 2. The summed E-state index contributed by atoms with van der Waals surface area (Å²) in [5, 5.41) is 2.80. The molecule has 2 aromatic rings. The van der Waals surface area contributed by atoms with Gasteiger partial charge in [0.15, 0.2) is 6.61 Å². The van der Waals surface area contributed by atoms with Crippen molar-refractivity contribution in [1.82, 2.24) is 5.32 Å². The van der Waals surface area contributed by atoms with Crippen LogP contribution in [0.3, 0.4) is 0 Å². The lowest BCUT2D eigenvalue weighted by Crippen LogP contribution is -2.39. The Bertz CT molecular complexity index is 816. The molecule has 4 nitrogen and oxygen atoms in total. The Labute approximate surface area is 165 Å². The molecule has 1 N–H and O–H groups in total. The summed E-state index contributed by atoms with van der Waals surface area (Å²) < 4.78 is 19.7. The molecule has 0 heterocycles. The fourth-order valence-electron chi connectivity index (χ4n) is 3.90. The summed E-state index contributed by atoms with van der Waals surface area (Å²) in [5.41, 5.74) is 0.517. The lowest BCUT2D eigenvalue weighted by molar-refractivity contribution is -0.154. The van der Waals surface area contributed by atoms with Gasteiger partial charge in [-0.1, -0.05) is 68.3 Å². The summed E-state index contributed by atoms with van der Waals surface area (Å²) in [7, 11) is 0. The predicted octanol–water partition coefficient (Wildman–Crippen LogP) is 4.10. The summed E-state index contributed by atoms with van der Waals surface area (Å²) in [6.45, 7) is 2.13. The van der Waals surface area contributed by atoms with Crippen molar-refractivity contribution < 1.29 is 18.7 Å². The molecule has 1 atom stereocenters. The lowest BCUT2D eigenvalue weighted by Gasteiger charge is -2.27. The normalized spacial score (nSPS) is 16.4. The van der Waals surface area contributed by atoms with Crippen LogP contribution < -0.4 is 5.32 Å². The number of esters is 1. The summed E-state index contributed by atoms with van der Waals surface area (Å²) in [6, 6.07) is 16.2. The number of rotatable bonds is 7. The van der Waals surface area contributed by atoms with Gasteiger partial charge in [0.1, 0.15) is 5.82 Å². The highest BCUT2D eigenvalue weighted by molar-refractivity contribution is 5.86. The van der Waals surface area contributed by atoms with Gasteiger partial charge in [-0.25, -0.2) is 4.39 Å². The van der Waals surface area contributed by atoms with E-state index in [9.17, 15) is 14.0 Å². The van der Waals surface area contributed by atoms with E-state index in [2.05, 4.69) is 5.32 Å². The number of benzene rings is 2. The minimum atomic E-state index is -0.983. The van der Waals surface area contributed by atoms with Crippen LogP contribution in [-0.2, 0) is 19.7 Å². The molecule has 1 saturated carbocycles. The van der Waals surface area contributed by atoms with E-state index in [-0.39, 0.29) is 18.4 Å². The molecule has 0 aromatic heterocycles. The number of ether oxygens (including phenoxy) is 1. The topological polar surface area (TPSA) is 55.4 Å². The van der Waals surface area contributed by atoms with Gasteiger partial charge in [-0.15, -0.1) is 0 Å². The Morgan fingerprint density at radius 1 is 1.07 bits per heavy atom. The first kappa shape index (κ1) is 20.1. The van der Waals surface area contributed by atoms with Crippen LogP contribution >= 0.6 is 0 Å². The van der Waals surface area contributed by atoms with Crippen LogP contribution in [-0.4, -0.2) is 25.0 Å². The van der Waals surface area contributed by atoms with Crippen molar-refractivity contribution >= 4 is 11.9 Å². The highest BCUT2D eigenvalue weighted by atomic mass is 19.1. The molecule has 1 amide bonds. The molecule has 28 heavy (non-hydrogen) atoms. The molecular formula is C23H26FNO3. The van der Waals surface area contributed by atoms with E-state index in [1.54, 1.807) is 18.2 Å². The zero-order valence-corrected chi connectivity index (χ0v) is 16.1. The highest BCUT2D eigenvalue weighted by Crippen LogP contribution is 2.43. The first-order valence-electron chi connectivity index (χ1n) is 9.77. The Hall–Kier alpha value is -2.69. The van der Waals surface area contributed by atoms with Crippen LogP contribution in [0.1, 0.15) is 49.7 Å². The maximum atomic E-state index is 14.3. The van der Waals surface area contributed by atoms with Crippen LogP contribution in [0.2, 0.25) is 0 Å². The number of carbonyl (C=O) groups excluding carboxylic acids is 2. The van der Waals surface area contributed by atoms with Crippen molar-refractivity contribution in [2.24, 2.45) is 0 Å². The minimum Gasteiger partial charge on any atom is -0.455 e. The van der Waals surface area contributed by atoms with E-state index in [1.165, 1.54) is 6.07 Å². The Morgan fingerprint density at radius 3 is 2.39 bits per heavy atom. The molecule has 1 aliphatic carbocycles. The van der Waals surface area contributed by atoms with Crippen molar-refractivity contribution in [1.29, 1.82) is 0 Å². The monoisotopic (exact) mass is 383 g/mol. The van der Waals surface area contributed by atoms with Gasteiger partial charge < -0.3 is 10.1 Å². The maximum Gasteiger partial charge on any atom is 0.317 e. The van der Waals surface area contributed by atoms with Crippen LogP contribution in [0.4, 0.5) is 4.39 Å². The van der Waals surface area contributed by atoms with Crippen molar-refractivity contribution in [3.05, 3.63) is 71.5 Å². The van der Waals surface area contributed by atoms with Crippen LogP contribution in [0, 0.1) is 5.82 Å². The molecule has 0 aliphatic heterocycles. The van der Waals surface area contributed by atoms with E-state index >= 15 is 0 Å². The zero-order valence-electron chi connectivity index (χ0n) is 16.1. The van der Waals surface area contributed by atoms with Gasteiger partial charge in [0.2, 0.25) is 0 Å². The van der Waals surface area contributed by atoms with Crippen molar-refractivity contribution in [3.8, 4) is 0 Å². The second kappa shape index (κ2) is 9.00. The van der Waals surface area contributed by atoms with E-state index in [4.69, 9.17) is 4.74 Å². The van der Waals surface area contributed by atoms with E-state index in [0.717, 1.165) is 18.4 Å². The zero-order chi connectivity index (χ0) is 20.0. The maximum absolute atomic E-state index is 14.3. The van der Waals surface area contributed by atoms with Gasteiger partial charge >= 0.3 is 5.97 Å². The summed E-state index contributed by atoms with van der Waals surface area (Å²) in [6.07, 6.45) is 2.76. The van der Waals surface area contributed by atoms with Gasteiger partial charge in [-0.2, -0.15) is 0 Å². The Balaban J connectivity index is 1.56. The molecule has 0 unspecified atom stereocenters. The van der Waals surface area contributed by atoms with Crippen molar-refractivity contribution in [2.75, 3.05) is 13.2 Å². The van der Waals surface area contributed by atoms with Crippen LogP contribution in [0.5, 0.6) is 0 Å². The van der Waals surface area contributed by atoms with E-state index in [1.807, 2.05) is 37.3 Å². The largest absolute Gasteiger partial charge is 0.455 e.